The fourth-order valence-corrected chi connectivity index (χ4v) is 26.1. The van der Waals surface area contributed by atoms with Crippen molar-refractivity contribution in [1.29, 1.82) is 0 Å². The van der Waals surface area contributed by atoms with Gasteiger partial charge in [0.15, 0.2) is 0 Å². The second kappa shape index (κ2) is 30.4. The highest BCUT2D eigenvalue weighted by Crippen LogP contribution is 2.51. The molecule has 658 valence electrons. The highest BCUT2D eigenvalue weighted by atomic mass is 14.3. The van der Waals surface area contributed by atoms with Crippen LogP contribution in [-0.2, 0) is 0 Å². The average Bonchev–Trinajstić information content (AvgIpc) is 0.730. The molecule has 0 aliphatic rings. The molecule has 0 atom stereocenters. The van der Waals surface area contributed by atoms with Gasteiger partial charge >= 0.3 is 0 Å². The Morgan fingerprint density at radius 2 is 0.174 bits per heavy atom. The van der Waals surface area contributed by atoms with Gasteiger partial charge < -0.3 is 0 Å². The lowest BCUT2D eigenvalue weighted by Gasteiger charge is -2.17. The van der Waals surface area contributed by atoms with E-state index in [1.807, 2.05) is 0 Å². The van der Waals surface area contributed by atoms with Crippen LogP contribution < -0.4 is 0 Å². The minimum absolute atomic E-state index is 1.22. The Morgan fingerprint density at radius 3 is 0.354 bits per heavy atom. The molecule has 0 N–H and O–H groups in total. The lowest BCUT2D eigenvalue weighted by atomic mass is 9.87. The monoisotopic (exact) mass is 1810 g/mol. The lowest BCUT2D eigenvalue weighted by molar-refractivity contribution is 1.69. The highest BCUT2D eigenvalue weighted by molar-refractivity contribution is 6.30. The van der Waals surface area contributed by atoms with E-state index in [0.29, 0.717) is 0 Å². The number of benzene rings is 32. The summed E-state index contributed by atoms with van der Waals surface area (Å²) in [6, 6.07) is 190. The van der Waals surface area contributed by atoms with Crippen molar-refractivity contribution in [3.05, 3.63) is 497 Å². The van der Waals surface area contributed by atoms with Gasteiger partial charge in [0.25, 0.3) is 0 Å². The van der Waals surface area contributed by atoms with Crippen LogP contribution in [0.15, 0.2) is 497 Å². The number of fused-ring (bicyclic) bond motifs is 32. The van der Waals surface area contributed by atoms with Crippen LogP contribution in [0.5, 0.6) is 0 Å². The molecule has 0 aromatic heterocycles. The van der Waals surface area contributed by atoms with E-state index in [1.54, 1.807) is 0 Å². The van der Waals surface area contributed by atoms with Crippen LogP contribution >= 0.6 is 0 Å². The SMILES string of the molecule is c1cc(-c2cccc3cc4ccc5c(-c6cccc7cc8ccc9c(-c%10cccc%11cc%12ccc%13c(-c%14cccc%15cc%16ccc%17c(-c%18cccc%19cc%20ccc%21ccccc%21c%20cc%18%19)cccc%17c%16cc%14%15)cccc%13c%12cc%10%11)cccc9c8cc67)cccc5c4cc23)c2cc3c(ccc4c(-c5cccc6cc7ccc8c(-c9cccc%10cc%11ccc%12ccccc%12c%11cc9%10)cccc8c7cc56)cccc43)cc2c1. The van der Waals surface area contributed by atoms with E-state index in [-0.39, 0.29) is 0 Å². The molecule has 0 saturated carbocycles. The van der Waals surface area contributed by atoms with Crippen LogP contribution in [0.2, 0.25) is 0 Å². The molecule has 0 saturated heterocycles. The quantitative estimate of drug-likeness (QED) is 0.110. The van der Waals surface area contributed by atoms with Crippen LogP contribution in [0.3, 0.4) is 0 Å². The molecule has 0 aliphatic carbocycles. The molecule has 0 spiro atoms. The fourth-order valence-electron chi connectivity index (χ4n) is 26.1. The molecular weight excluding hydrogens is 1730 g/mol. The van der Waals surface area contributed by atoms with E-state index in [0.717, 1.165) is 0 Å². The van der Waals surface area contributed by atoms with Crippen molar-refractivity contribution in [1.82, 2.24) is 0 Å². The van der Waals surface area contributed by atoms with Gasteiger partial charge in [0.05, 0.1) is 0 Å². The normalized spacial score (nSPS) is 12.3. The van der Waals surface area contributed by atoms with Crippen molar-refractivity contribution >= 4 is 259 Å². The van der Waals surface area contributed by atoms with E-state index in [2.05, 4.69) is 497 Å². The fraction of sp³-hybridized carbons (Fsp3) is 0. The Kier molecular flexibility index (Phi) is 16.7. The summed E-state index contributed by atoms with van der Waals surface area (Å²) in [5.74, 6) is 0. The Labute approximate surface area is 827 Å². The van der Waals surface area contributed by atoms with Crippen molar-refractivity contribution in [2.45, 2.75) is 0 Å². The maximum Gasteiger partial charge on any atom is -0.00986 e. The van der Waals surface area contributed by atoms with E-state index in [9.17, 15) is 0 Å². The van der Waals surface area contributed by atoms with Gasteiger partial charge in [-0.15, -0.1) is 0 Å². The first kappa shape index (κ1) is 79.2. The Balaban J connectivity index is 0.476. The van der Waals surface area contributed by atoms with E-state index in [1.165, 1.54) is 336 Å². The molecule has 0 fully saturated rings. The van der Waals surface area contributed by atoms with Gasteiger partial charge in [-0.05, 0) is 433 Å². The Morgan fingerprint density at radius 1 is 0.0556 bits per heavy atom. The molecule has 32 aromatic rings. The largest absolute Gasteiger partial charge is 0.0616 e. The van der Waals surface area contributed by atoms with Crippen molar-refractivity contribution in [2.75, 3.05) is 0 Å². The Bertz CT molecular complexity index is 11400. The summed E-state index contributed by atoms with van der Waals surface area (Å²) in [5.41, 5.74) is 17.3. The van der Waals surface area contributed by atoms with E-state index in [4.69, 9.17) is 0 Å². The van der Waals surface area contributed by atoms with Crippen molar-refractivity contribution in [3.63, 3.8) is 0 Å². The number of hydrogen-bond donors (Lipinski definition) is 0. The zero-order valence-corrected chi connectivity index (χ0v) is 78.3. The first-order valence-corrected chi connectivity index (χ1v) is 50.3. The maximum absolute atomic E-state index is 2.49. The summed E-state index contributed by atoms with van der Waals surface area (Å²) >= 11 is 0. The summed E-state index contributed by atoms with van der Waals surface area (Å²) in [6.07, 6.45) is 0. The van der Waals surface area contributed by atoms with Gasteiger partial charge in [0, 0.05) is 0 Å². The second-order valence-corrected chi connectivity index (χ2v) is 40.2. The van der Waals surface area contributed by atoms with Gasteiger partial charge in [-0.25, -0.2) is 0 Å². The molecule has 32 aromatic carbocycles. The predicted octanol–water partition coefficient (Wildman–Crippen LogP) is 41.0. The summed E-state index contributed by atoms with van der Waals surface area (Å²) < 4.78 is 0. The van der Waals surface area contributed by atoms with Gasteiger partial charge in [-0.2, -0.15) is 0 Å². The maximum atomic E-state index is 2.49. The Hall–Kier alpha value is -18.7. The lowest BCUT2D eigenvalue weighted by Crippen LogP contribution is -1.89. The average molecular weight is 1810 g/mol. The first-order valence-electron chi connectivity index (χ1n) is 50.3. The zero-order valence-electron chi connectivity index (χ0n) is 78.3. The van der Waals surface area contributed by atoms with E-state index < -0.39 is 0 Å². The van der Waals surface area contributed by atoms with Gasteiger partial charge in [-0.1, -0.05) is 400 Å². The summed E-state index contributed by atoms with van der Waals surface area (Å²) in [5, 5.41) is 59.8. The zero-order chi connectivity index (χ0) is 93.8. The molecule has 0 radical (unpaired) electrons. The van der Waals surface area contributed by atoms with Crippen LogP contribution in [0, 0.1) is 0 Å². The molecule has 0 bridgehead atoms. The summed E-state index contributed by atoms with van der Waals surface area (Å²) in [4.78, 5) is 0. The molecular formula is C144H82. The molecule has 0 aliphatic heterocycles. The van der Waals surface area contributed by atoms with Gasteiger partial charge in [-0.3, -0.25) is 0 Å². The van der Waals surface area contributed by atoms with Crippen LogP contribution in [0.4, 0.5) is 0 Å². The molecule has 0 heteroatoms. The van der Waals surface area contributed by atoms with Crippen LogP contribution in [0.25, 0.3) is 336 Å². The smallest absolute Gasteiger partial charge is 0.00986 e. The third-order valence-corrected chi connectivity index (χ3v) is 32.8. The second-order valence-electron chi connectivity index (χ2n) is 40.2. The third kappa shape index (κ3) is 11.8. The molecule has 0 unspecified atom stereocenters. The summed E-state index contributed by atoms with van der Waals surface area (Å²) in [7, 11) is 0. The molecule has 0 heterocycles. The third-order valence-electron chi connectivity index (χ3n) is 32.8. The van der Waals surface area contributed by atoms with Crippen LogP contribution in [0.1, 0.15) is 0 Å². The molecule has 0 nitrogen and oxygen atoms in total. The van der Waals surface area contributed by atoms with E-state index >= 15 is 0 Å². The molecule has 144 heavy (non-hydrogen) atoms. The van der Waals surface area contributed by atoms with Crippen molar-refractivity contribution in [2.24, 2.45) is 0 Å². The molecule has 32 rings (SSSR count). The number of rotatable bonds is 7. The molecule has 0 amide bonds. The van der Waals surface area contributed by atoms with Gasteiger partial charge in [0.1, 0.15) is 0 Å². The predicted molar refractivity (Wildman–Crippen MR) is 625 cm³/mol. The highest BCUT2D eigenvalue weighted by Gasteiger charge is 2.24. The van der Waals surface area contributed by atoms with Crippen molar-refractivity contribution in [3.8, 4) is 77.9 Å². The number of hydrogen-bond acceptors (Lipinski definition) is 0. The first-order chi connectivity index (χ1) is 71.3. The standard InChI is InChI=1S/C144H82/c1-3-29-101-83(19-1)51-53-93-67-85-21-5-31-109(131(85)75-129(93)101)103-39-13-45-117-123(103)61-55-95-69-87-23-7-33-111(133(87)77-139(95)117)105-41-15-47-119-125(105)63-57-97-71-89-24-8-34-112(135(89)79-141(97)119)106-42-16-48-120-126(106)64-58-98-72-90-26-10-36-114(136(90)80-142(98)120)108-44-18-50-122-128(108)66-60-100-74-92-28-12-38-116(138(92)82-144(100)122)115-37-11-27-91-73-99-59-65-127-107(43-17-49-121(127)143(99)81-137(91)115)113-35-9-25-88-70-96-56-62-124-104(40-14-46-118(124)140(96)78-134(88)113)110-32-6-22-86-68-94-54-52-84-20-2-4-30-102(84)130(94)76-132(86)110/h1-82H. The minimum Gasteiger partial charge on any atom is -0.0616 e. The summed E-state index contributed by atoms with van der Waals surface area (Å²) in [6.45, 7) is 0. The topological polar surface area (TPSA) is 0 Å². The minimum atomic E-state index is 1.22. The van der Waals surface area contributed by atoms with Crippen molar-refractivity contribution < 1.29 is 0 Å². The van der Waals surface area contributed by atoms with Gasteiger partial charge in [0.2, 0.25) is 0 Å². The van der Waals surface area contributed by atoms with Crippen LogP contribution in [-0.4, -0.2) is 0 Å².